The molecule has 0 unspecified atom stereocenters. The first-order valence-electron chi connectivity index (χ1n) is 4.18. The van der Waals surface area contributed by atoms with Gasteiger partial charge in [0.1, 0.15) is 6.61 Å². The molecule has 6 heteroatoms. The Bertz CT molecular complexity index is 362. The number of ether oxygens (including phenoxy) is 1. The van der Waals surface area contributed by atoms with E-state index in [0.717, 1.165) is 6.07 Å². The second kappa shape index (κ2) is 4.38. The summed E-state index contributed by atoms with van der Waals surface area (Å²) in [5.74, 6) is -1.23. The van der Waals surface area contributed by atoms with E-state index in [4.69, 9.17) is 4.74 Å². The van der Waals surface area contributed by atoms with E-state index in [1.54, 1.807) is 0 Å². The van der Waals surface area contributed by atoms with Gasteiger partial charge in [-0.15, -0.1) is 5.46 Å². The number of rotatable bonds is 4. The average molecular weight is 219 g/mol. The lowest BCUT2D eigenvalue weighted by molar-refractivity contribution is 0.342. The maximum atomic E-state index is 13.0. The van der Waals surface area contributed by atoms with Crippen molar-refractivity contribution >= 4 is 12.4 Å². The molecule has 0 saturated heterocycles. The molecule has 0 aliphatic carbocycles. The first-order valence-corrected chi connectivity index (χ1v) is 4.18. The number of benzene rings is 1. The van der Waals surface area contributed by atoms with Gasteiger partial charge in [0.25, 0.3) is 0 Å². The third-order valence-corrected chi connectivity index (χ3v) is 1.69. The van der Waals surface area contributed by atoms with Gasteiger partial charge < -0.3 is 17.7 Å². The first-order chi connectivity index (χ1) is 6.95. The van der Waals surface area contributed by atoms with Crippen molar-refractivity contribution in [1.82, 2.24) is 0 Å². The van der Waals surface area contributed by atoms with Crippen LogP contribution in [0, 0.1) is 5.82 Å². The van der Waals surface area contributed by atoms with Crippen molar-refractivity contribution in [2.45, 2.75) is 0 Å². The molecule has 1 nitrogen and oxygen atoms in total. The molecule has 0 N–H and O–H groups in total. The molecule has 0 fully saturated rings. The summed E-state index contributed by atoms with van der Waals surface area (Å²) in [5.41, 5.74) is -0.879. The Morgan fingerprint density at radius 1 is 1.33 bits per heavy atom. The van der Waals surface area contributed by atoms with Gasteiger partial charge >= 0.3 is 6.98 Å². The van der Waals surface area contributed by atoms with Crippen molar-refractivity contribution in [1.29, 1.82) is 0 Å². The highest BCUT2D eigenvalue weighted by molar-refractivity contribution is 6.73. The van der Waals surface area contributed by atoms with Gasteiger partial charge in [-0.1, -0.05) is 18.7 Å². The van der Waals surface area contributed by atoms with Gasteiger partial charge in [0, 0.05) is 0 Å². The van der Waals surface area contributed by atoms with Crippen LogP contribution in [0.5, 0.6) is 5.75 Å². The standard InChI is InChI=1S/C9H8BF4O/c1-2-5-15-9-6-7(10(12,13)14)3-4-8(9)11/h2-4,6H,1,5H2/q-1. The van der Waals surface area contributed by atoms with Crippen LogP contribution >= 0.6 is 0 Å². The van der Waals surface area contributed by atoms with Gasteiger partial charge in [-0.3, -0.25) is 0 Å². The van der Waals surface area contributed by atoms with Crippen molar-refractivity contribution in [3.8, 4) is 5.75 Å². The summed E-state index contributed by atoms with van der Waals surface area (Å²) in [6.07, 6.45) is 1.32. The molecule has 1 aromatic carbocycles. The average Bonchev–Trinajstić information content (AvgIpc) is 2.15. The summed E-state index contributed by atoms with van der Waals surface area (Å²) in [7, 11) is 0. The molecule has 1 aromatic rings. The largest absolute Gasteiger partial charge is 0.509 e. The number of halogens is 4. The fraction of sp³-hybridized carbons (Fsp3) is 0.111. The molecule has 0 aliphatic heterocycles. The van der Waals surface area contributed by atoms with Gasteiger partial charge in [0.05, 0.1) is 0 Å². The predicted molar refractivity (Wildman–Crippen MR) is 50.8 cm³/mol. The van der Waals surface area contributed by atoms with E-state index in [-0.39, 0.29) is 6.61 Å². The molecule has 82 valence electrons. The molecule has 15 heavy (non-hydrogen) atoms. The molecule has 1 rings (SSSR count). The van der Waals surface area contributed by atoms with Crippen molar-refractivity contribution in [3.63, 3.8) is 0 Å². The Balaban J connectivity index is 3.00. The van der Waals surface area contributed by atoms with Crippen LogP contribution in [-0.4, -0.2) is 13.6 Å². The monoisotopic (exact) mass is 219 g/mol. The van der Waals surface area contributed by atoms with Crippen molar-refractivity contribution in [2.75, 3.05) is 6.61 Å². The van der Waals surface area contributed by atoms with Crippen LogP contribution in [0.1, 0.15) is 0 Å². The molecular weight excluding hydrogens is 211 g/mol. The van der Waals surface area contributed by atoms with Crippen molar-refractivity contribution in [3.05, 3.63) is 36.7 Å². The van der Waals surface area contributed by atoms with Crippen LogP contribution in [0.25, 0.3) is 0 Å². The van der Waals surface area contributed by atoms with Crippen LogP contribution in [0.3, 0.4) is 0 Å². The minimum atomic E-state index is -5.13. The van der Waals surface area contributed by atoms with E-state index in [1.807, 2.05) is 0 Å². The number of hydrogen-bond donors (Lipinski definition) is 0. The fourth-order valence-electron chi connectivity index (χ4n) is 0.983. The molecule has 0 bridgehead atoms. The smallest absolute Gasteiger partial charge is 0.487 e. The van der Waals surface area contributed by atoms with Crippen molar-refractivity contribution < 1.29 is 22.1 Å². The van der Waals surface area contributed by atoms with Gasteiger partial charge in [0.2, 0.25) is 0 Å². The van der Waals surface area contributed by atoms with Gasteiger partial charge in [-0.05, 0) is 12.1 Å². The normalized spacial score (nSPS) is 11.2. The Hall–Kier alpha value is -1.46. The van der Waals surface area contributed by atoms with Gasteiger partial charge in [-0.25, -0.2) is 4.39 Å². The van der Waals surface area contributed by atoms with Crippen LogP contribution in [0.4, 0.5) is 17.3 Å². The van der Waals surface area contributed by atoms with E-state index in [0.29, 0.717) is 12.1 Å². The van der Waals surface area contributed by atoms with Crippen molar-refractivity contribution in [2.24, 2.45) is 0 Å². The Morgan fingerprint density at radius 2 is 2.00 bits per heavy atom. The minimum absolute atomic E-state index is 0.0365. The maximum absolute atomic E-state index is 13.0. The second-order valence-corrected chi connectivity index (χ2v) is 2.86. The Kier molecular flexibility index (Phi) is 3.39. The third-order valence-electron chi connectivity index (χ3n) is 1.69. The highest BCUT2D eigenvalue weighted by Crippen LogP contribution is 2.18. The topological polar surface area (TPSA) is 9.23 Å². The molecule has 0 heterocycles. The predicted octanol–water partition coefficient (Wildman–Crippen LogP) is 2.44. The van der Waals surface area contributed by atoms with Crippen LogP contribution in [-0.2, 0) is 0 Å². The quantitative estimate of drug-likeness (QED) is 0.429. The molecule has 0 radical (unpaired) electrons. The number of hydrogen-bond acceptors (Lipinski definition) is 1. The second-order valence-electron chi connectivity index (χ2n) is 2.86. The van der Waals surface area contributed by atoms with E-state index >= 15 is 0 Å². The van der Waals surface area contributed by atoms with E-state index < -0.39 is 24.0 Å². The molecule has 0 aliphatic rings. The molecule has 0 spiro atoms. The van der Waals surface area contributed by atoms with E-state index in [2.05, 4.69) is 6.58 Å². The summed E-state index contributed by atoms with van der Waals surface area (Å²) >= 11 is 0. The van der Waals surface area contributed by atoms with Crippen LogP contribution < -0.4 is 10.2 Å². The molecule has 0 aromatic heterocycles. The zero-order valence-corrected chi connectivity index (χ0v) is 7.72. The lowest BCUT2D eigenvalue weighted by Crippen LogP contribution is -2.34. The summed E-state index contributed by atoms with van der Waals surface area (Å²) < 4.78 is 54.6. The maximum Gasteiger partial charge on any atom is 0.509 e. The Morgan fingerprint density at radius 3 is 2.53 bits per heavy atom. The molecular formula is C9H8BF4O-. The van der Waals surface area contributed by atoms with Gasteiger partial charge in [0.15, 0.2) is 11.6 Å². The third kappa shape index (κ3) is 3.01. The molecule has 0 saturated carbocycles. The summed E-state index contributed by atoms with van der Waals surface area (Å²) in [4.78, 5) is 0. The summed E-state index contributed by atoms with van der Waals surface area (Å²) in [5, 5.41) is 0. The van der Waals surface area contributed by atoms with E-state index in [9.17, 15) is 17.3 Å². The SMILES string of the molecule is C=CCOc1cc([B-](F)(F)F)ccc1F. The zero-order valence-electron chi connectivity index (χ0n) is 7.72. The lowest BCUT2D eigenvalue weighted by atomic mass is 9.80. The highest BCUT2D eigenvalue weighted by Gasteiger charge is 2.26. The summed E-state index contributed by atoms with van der Waals surface area (Å²) in [6, 6.07) is 2.08. The Labute approximate surface area is 84.4 Å². The minimum Gasteiger partial charge on any atom is -0.487 e. The van der Waals surface area contributed by atoms with Crippen LogP contribution in [0.15, 0.2) is 30.9 Å². The molecule has 0 atom stereocenters. The van der Waals surface area contributed by atoms with Gasteiger partial charge in [-0.2, -0.15) is 0 Å². The van der Waals surface area contributed by atoms with Crippen LogP contribution in [0.2, 0.25) is 0 Å². The summed E-state index contributed by atoms with van der Waals surface area (Å²) in [6.45, 7) is -1.86. The first kappa shape index (κ1) is 11.6. The lowest BCUT2D eigenvalue weighted by Gasteiger charge is -2.16. The zero-order chi connectivity index (χ0) is 11.5. The fourth-order valence-corrected chi connectivity index (χ4v) is 0.983. The molecule has 0 amide bonds. The highest BCUT2D eigenvalue weighted by atomic mass is 19.4. The van der Waals surface area contributed by atoms with E-state index in [1.165, 1.54) is 6.08 Å².